The summed E-state index contributed by atoms with van der Waals surface area (Å²) in [5.74, 6) is -1.15. The number of hydrogen-bond donors (Lipinski definition) is 0. The van der Waals surface area contributed by atoms with E-state index in [2.05, 4.69) is 23.5 Å². The highest BCUT2D eigenvalue weighted by Crippen LogP contribution is 2.08. The fourth-order valence-corrected chi connectivity index (χ4v) is 1.43. The highest BCUT2D eigenvalue weighted by atomic mass is 16.7. The third-order valence-electron chi connectivity index (χ3n) is 2.95. The second-order valence-electron chi connectivity index (χ2n) is 5.25. The molecular formula is C18H20N2O4. The SMILES string of the molecule is C=C(C)C(=O)O/N=C(\C)c1ccc(/C(C)=N/OC(=O)C(=C)C)cc1. The third-order valence-corrected chi connectivity index (χ3v) is 2.95. The second kappa shape index (κ2) is 8.57. The van der Waals surface area contributed by atoms with Crippen molar-refractivity contribution in [3.05, 3.63) is 59.7 Å². The first-order valence-electron chi connectivity index (χ1n) is 7.16. The Morgan fingerprint density at radius 1 is 0.750 bits per heavy atom. The quantitative estimate of drug-likeness (QED) is 0.347. The van der Waals surface area contributed by atoms with Crippen LogP contribution in [-0.4, -0.2) is 23.4 Å². The maximum absolute atomic E-state index is 11.3. The molecule has 0 aliphatic carbocycles. The molecule has 0 amide bonds. The fourth-order valence-electron chi connectivity index (χ4n) is 1.43. The lowest BCUT2D eigenvalue weighted by Crippen LogP contribution is -2.05. The first-order valence-corrected chi connectivity index (χ1v) is 7.16. The summed E-state index contributed by atoms with van der Waals surface area (Å²) in [5, 5.41) is 7.53. The maximum atomic E-state index is 11.3. The van der Waals surface area contributed by atoms with E-state index in [0.29, 0.717) is 11.4 Å². The van der Waals surface area contributed by atoms with Crippen molar-refractivity contribution >= 4 is 23.4 Å². The number of benzene rings is 1. The third kappa shape index (κ3) is 5.64. The summed E-state index contributed by atoms with van der Waals surface area (Å²) in [6.07, 6.45) is 0. The summed E-state index contributed by atoms with van der Waals surface area (Å²) in [4.78, 5) is 32.1. The lowest BCUT2D eigenvalue weighted by molar-refractivity contribution is -0.139. The van der Waals surface area contributed by atoms with Gasteiger partial charge in [-0.05, 0) is 38.8 Å². The van der Waals surface area contributed by atoms with Crippen LogP contribution in [0.25, 0.3) is 0 Å². The van der Waals surface area contributed by atoms with Crippen molar-refractivity contribution in [3.63, 3.8) is 0 Å². The number of rotatable bonds is 6. The van der Waals surface area contributed by atoms with Crippen molar-refractivity contribution < 1.29 is 19.3 Å². The van der Waals surface area contributed by atoms with Crippen molar-refractivity contribution in [1.29, 1.82) is 0 Å². The number of carbonyl (C=O) groups is 2. The molecule has 126 valence electrons. The Bertz CT molecular complexity index is 665. The standard InChI is InChI=1S/C18H20N2O4/c1-11(2)17(21)23-19-13(5)15-7-9-16(10-8-15)14(6)20-24-18(22)12(3)4/h7-10H,1,3H2,2,4-6H3/b19-13+,20-14+. The normalized spacial score (nSPS) is 11.7. The van der Waals surface area contributed by atoms with Gasteiger partial charge in [-0.1, -0.05) is 47.7 Å². The zero-order valence-electron chi connectivity index (χ0n) is 14.3. The van der Waals surface area contributed by atoms with Crippen LogP contribution in [0.3, 0.4) is 0 Å². The summed E-state index contributed by atoms with van der Waals surface area (Å²) in [7, 11) is 0. The molecule has 0 aromatic heterocycles. The predicted octanol–water partition coefficient (Wildman–Crippen LogP) is 3.37. The summed E-state index contributed by atoms with van der Waals surface area (Å²) in [6, 6.07) is 7.18. The topological polar surface area (TPSA) is 77.3 Å². The van der Waals surface area contributed by atoms with Gasteiger partial charge in [0.05, 0.1) is 11.4 Å². The van der Waals surface area contributed by atoms with Crippen molar-refractivity contribution in [1.82, 2.24) is 0 Å². The van der Waals surface area contributed by atoms with Crippen LogP contribution in [0, 0.1) is 0 Å². The number of nitrogens with zero attached hydrogens (tertiary/aromatic N) is 2. The number of hydrogen-bond acceptors (Lipinski definition) is 6. The molecule has 1 rings (SSSR count). The van der Waals surface area contributed by atoms with Crippen LogP contribution < -0.4 is 0 Å². The van der Waals surface area contributed by atoms with Crippen molar-refractivity contribution in [2.45, 2.75) is 27.7 Å². The molecule has 0 unspecified atom stereocenters. The van der Waals surface area contributed by atoms with Crippen LogP contribution in [0.1, 0.15) is 38.8 Å². The van der Waals surface area contributed by atoms with Crippen LogP contribution in [0.15, 0.2) is 58.9 Å². The van der Waals surface area contributed by atoms with Crippen molar-refractivity contribution in [2.75, 3.05) is 0 Å². The summed E-state index contributed by atoms with van der Waals surface area (Å²) in [5.41, 5.74) is 3.19. The molecule has 1 aromatic rings. The Morgan fingerprint density at radius 2 is 1.04 bits per heavy atom. The van der Waals surface area contributed by atoms with E-state index in [0.717, 1.165) is 11.1 Å². The lowest BCUT2D eigenvalue weighted by Gasteiger charge is -2.04. The van der Waals surface area contributed by atoms with Gasteiger partial charge < -0.3 is 9.68 Å². The smallest absolute Gasteiger partial charge is 0.313 e. The largest absolute Gasteiger partial charge is 0.360 e. The highest BCUT2D eigenvalue weighted by Gasteiger charge is 2.06. The average Bonchev–Trinajstić information content (AvgIpc) is 2.56. The average molecular weight is 328 g/mol. The van der Waals surface area contributed by atoms with Gasteiger partial charge in [0.2, 0.25) is 0 Å². The van der Waals surface area contributed by atoms with Gasteiger partial charge in [0, 0.05) is 11.1 Å². The van der Waals surface area contributed by atoms with Crippen molar-refractivity contribution in [2.24, 2.45) is 10.3 Å². The minimum Gasteiger partial charge on any atom is -0.313 e. The van der Waals surface area contributed by atoms with E-state index >= 15 is 0 Å². The molecular weight excluding hydrogens is 308 g/mol. The molecule has 0 bridgehead atoms. The number of carbonyl (C=O) groups excluding carboxylic acids is 2. The molecule has 0 fully saturated rings. The van der Waals surface area contributed by atoms with E-state index in [1.807, 2.05) is 0 Å². The monoisotopic (exact) mass is 328 g/mol. The molecule has 0 aliphatic rings. The van der Waals surface area contributed by atoms with E-state index in [4.69, 9.17) is 9.68 Å². The molecule has 24 heavy (non-hydrogen) atoms. The molecule has 0 radical (unpaired) electrons. The molecule has 0 N–H and O–H groups in total. The van der Waals surface area contributed by atoms with E-state index in [1.165, 1.54) is 0 Å². The van der Waals surface area contributed by atoms with Crippen LogP contribution in [0.4, 0.5) is 0 Å². The Kier molecular flexibility index (Phi) is 6.79. The molecule has 0 aliphatic heterocycles. The van der Waals surface area contributed by atoms with Gasteiger partial charge in [-0.2, -0.15) is 0 Å². The minimum atomic E-state index is -0.576. The van der Waals surface area contributed by atoms with Gasteiger partial charge in [0.25, 0.3) is 0 Å². The van der Waals surface area contributed by atoms with E-state index in [-0.39, 0.29) is 11.1 Å². The number of oxime groups is 2. The molecule has 0 heterocycles. The summed E-state index contributed by atoms with van der Waals surface area (Å²) < 4.78 is 0. The van der Waals surface area contributed by atoms with Crippen molar-refractivity contribution in [3.8, 4) is 0 Å². The first kappa shape index (κ1) is 19.0. The maximum Gasteiger partial charge on any atom is 0.360 e. The highest BCUT2D eigenvalue weighted by molar-refractivity contribution is 6.02. The molecule has 0 spiro atoms. The van der Waals surface area contributed by atoms with E-state index in [1.54, 1.807) is 52.0 Å². The molecule has 0 atom stereocenters. The first-order chi connectivity index (χ1) is 11.2. The Balaban J connectivity index is 2.81. The minimum absolute atomic E-state index is 0.276. The molecule has 6 nitrogen and oxygen atoms in total. The van der Waals surface area contributed by atoms with Gasteiger partial charge in [0.1, 0.15) is 0 Å². The van der Waals surface area contributed by atoms with Gasteiger partial charge in [0.15, 0.2) is 0 Å². The molecule has 0 saturated heterocycles. The fraction of sp³-hybridized carbons (Fsp3) is 0.222. The Hall–Kier alpha value is -3.02. The van der Waals surface area contributed by atoms with Crippen LogP contribution in [-0.2, 0) is 19.3 Å². The van der Waals surface area contributed by atoms with Crippen LogP contribution in [0.2, 0.25) is 0 Å². The van der Waals surface area contributed by atoms with Crippen LogP contribution in [0.5, 0.6) is 0 Å². The predicted molar refractivity (Wildman–Crippen MR) is 92.7 cm³/mol. The molecule has 1 aromatic carbocycles. The van der Waals surface area contributed by atoms with Gasteiger partial charge >= 0.3 is 11.9 Å². The summed E-state index contributed by atoms with van der Waals surface area (Å²) >= 11 is 0. The van der Waals surface area contributed by atoms with Gasteiger partial charge in [-0.15, -0.1) is 0 Å². The van der Waals surface area contributed by atoms with E-state index < -0.39 is 11.9 Å². The zero-order valence-corrected chi connectivity index (χ0v) is 14.3. The summed E-state index contributed by atoms with van der Waals surface area (Å²) in [6.45, 7) is 13.5. The molecule has 0 saturated carbocycles. The second-order valence-corrected chi connectivity index (χ2v) is 5.25. The lowest BCUT2D eigenvalue weighted by atomic mass is 10.1. The van der Waals surface area contributed by atoms with Gasteiger partial charge in [-0.3, -0.25) is 0 Å². The zero-order chi connectivity index (χ0) is 18.3. The molecule has 6 heteroatoms. The Labute approximate surface area is 141 Å². The van der Waals surface area contributed by atoms with Gasteiger partial charge in [-0.25, -0.2) is 9.59 Å². The van der Waals surface area contributed by atoms with E-state index in [9.17, 15) is 9.59 Å². The Morgan fingerprint density at radius 3 is 1.29 bits per heavy atom. The van der Waals surface area contributed by atoms with Crippen LogP contribution >= 0.6 is 0 Å².